The normalized spacial score (nSPS) is 24.2. The second-order valence-corrected chi connectivity index (χ2v) is 14.0. The highest BCUT2D eigenvalue weighted by molar-refractivity contribution is 7.71. The molecule has 1 saturated heterocycles. The summed E-state index contributed by atoms with van der Waals surface area (Å²) in [6.07, 6.45) is -5.59. The van der Waals surface area contributed by atoms with Crippen molar-refractivity contribution in [2.24, 2.45) is 0 Å². The number of rotatable bonds is 10. The molecule has 0 radical (unpaired) electrons. The first-order valence-electron chi connectivity index (χ1n) is 12.2. The molecule has 0 saturated carbocycles. The molecular formula is C24H25N2O14P3. The minimum absolute atomic E-state index is 0.163. The van der Waals surface area contributed by atoms with Crippen LogP contribution in [-0.4, -0.2) is 59.4 Å². The largest absolute Gasteiger partial charge is 0.488 e. The number of hydrogen-bond donors (Lipinski definition) is 6. The molecule has 43 heavy (non-hydrogen) atoms. The van der Waals surface area contributed by atoms with Gasteiger partial charge >= 0.3 is 28.9 Å². The van der Waals surface area contributed by atoms with Gasteiger partial charge in [-0.15, -0.1) is 0 Å². The van der Waals surface area contributed by atoms with Gasteiger partial charge in [-0.2, -0.15) is 4.31 Å². The lowest BCUT2D eigenvalue weighted by atomic mass is 10.1. The van der Waals surface area contributed by atoms with E-state index >= 15 is 0 Å². The zero-order valence-electron chi connectivity index (χ0n) is 21.8. The molecule has 4 rings (SSSR count). The highest BCUT2D eigenvalue weighted by Gasteiger charge is 2.47. The maximum absolute atomic E-state index is 12.5. The van der Waals surface area contributed by atoms with Crippen molar-refractivity contribution in [3.8, 4) is 11.8 Å². The van der Waals surface area contributed by atoms with E-state index in [1.165, 1.54) is 18.2 Å². The van der Waals surface area contributed by atoms with Gasteiger partial charge in [0.1, 0.15) is 23.9 Å². The van der Waals surface area contributed by atoms with Gasteiger partial charge in [0.05, 0.1) is 11.9 Å². The molecular weight excluding hydrogens is 633 g/mol. The summed E-state index contributed by atoms with van der Waals surface area (Å²) in [4.78, 5) is 56.4. The molecule has 2 aromatic carbocycles. The van der Waals surface area contributed by atoms with Crippen molar-refractivity contribution in [2.45, 2.75) is 31.0 Å². The molecule has 2 heterocycles. The first-order valence-corrected chi connectivity index (χ1v) is 16.8. The third kappa shape index (κ3) is 8.56. The third-order valence-corrected chi connectivity index (χ3v) is 10.6. The fraction of sp³-hybridized carbons (Fsp3) is 0.250. The van der Waals surface area contributed by atoms with E-state index in [9.17, 15) is 48.2 Å². The average molecular weight is 658 g/mol. The molecule has 1 aliphatic heterocycles. The molecule has 1 aliphatic rings. The fourth-order valence-electron chi connectivity index (χ4n) is 3.84. The van der Waals surface area contributed by atoms with Crippen LogP contribution >= 0.6 is 23.2 Å². The van der Waals surface area contributed by atoms with Crippen LogP contribution in [0.4, 0.5) is 0 Å². The van der Waals surface area contributed by atoms with Crippen LogP contribution in [0.2, 0.25) is 0 Å². The number of ether oxygens (including phenoxy) is 1. The number of nitrogens with zero attached hydrogens (tertiary/aromatic N) is 1. The number of phosphoric ester groups is 1. The van der Waals surface area contributed by atoms with Crippen molar-refractivity contribution < 1.29 is 56.5 Å². The Hall–Kier alpha value is -2.99. The Morgan fingerprint density at radius 3 is 2.16 bits per heavy atom. The number of H-pyrrole nitrogens is 1. The summed E-state index contributed by atoms with van der Waals surface area (Å²) in [6.45, 7) is -1.04. The predicted octanol–water partition coefficient (Wildman–Crippen LogP) is 0.511. The average Bonchev–Trinajstić information content (AvgIpc) is 3.21. The SMILES string of the molecule is O=c1[nH]c(=O)n([C@@H]2O[C@H](COP(=O)(O)OP(=O)(O)OP(=O)(O)c3ccccc3)[C@H](O)C2O)cc1C#CCc1ccccc1. The van der Waals surface area contributed by atoms with E-state index < -0.39 is 70.9 Å². The van der Waals surface area contributed by atoms with Crippen LogP contribution in [0.25, 0.3) is 0 Å². The van der Waals surface area contributed by atoms with Crippen molar-refractivity contribution in [3.63, 3.8) is 0 Å². The maximum Gasteiger partial charge on any atom is 0.488 e. The van der Waals surface area contributed by atoms with Gasteiger partial charge in [0.15, 0.2) is 6.23 Å². The van der Waals surface area contributed by atoms with E-state index in [1.54, 1.807) is 0 Å². The quantitative estimate of drug-likeness (QED) is 0.128. The Kier molecular flexibility index (Phi) is 10.2. The van der Waals surface area contributed by atoms with Crippen LogP contribution in [0, 0.1) is 11.8 Å². The zero-order chi connectivity index (χ0) is 31.4. The van der Waals surface area contributed by atoms with Gasteiger partial charge in [0, 0.05) is 12.6 Å². The summed E-state index contributed by atoms with van der Waals surface area (Å²) in [5.74, 6) is 5.40. The van der Waals surface area contributed by atoms with Gasteiger partial charge in [-0.25, -0.2) is 18.2 Å². The minimum atomic E-state index is -5.69. The van der Waals surface area contributed by atoms with E-state index in [2.05, 4.69) is 25.0 Å². The molecule has 0 spiro atoms. The van der Waals surface area contributed by atoms with Crippen LogP contribution in [0.15, 0.2) is 76.4 Å². The third-order valence-electron chi connectivity index (χ3n) is 5.84. The zero-order valence-corrected chi connectivity index (χ0v) is 24.5. The Morgan fingerprint density at radius 2 is 1.51 bits per heavy atom. The van der Waals surface area contributed by atoms with Gasteiger partial charge in [-0.1, -0.05) is 60.4 Å². The summed E-state index contributed by atoms with van der Waals surface area (Å²) in [5.41, 5.74) is -1.14. The molecule has 0 bridgehead atoms. The molecule has 19 heteroatoms. The second kappa shape index (κ2) is 13.3. The monoisotopic (exact) mass is 658 g/mol. The molecule has 1 fully saturated rings. The minimum Gasteiger partial charge on any atom is -0.387 e. The van der Waals surface area contributed by atoms with Crippen LogP contribution in [0.3, 0.4) is 0 Å². The summed E-state index contributed by atoms with van der Waals surface area (Å²) >= 11 is 0. The number of aliphatic hydroxyl groups excluding tert-OH is 2. The van der Waals surface area contributed by atoms with Crippen molar-refractivity contribution in [1.82, 2.24) is 9.55 Å². The van der Waals surface area contributed by atoms with E-state index in [0.29, 0.717) is 0 Å². The molecule has 16 nitrogen and oxygen atoms in total. The topological polar surface area (TPSA) is 244 Å². The molecule has 230 valence electrons. The Labute approximate surface area is 242 Å². The number of nitrogens with one attached hydrogen (secondary N) is 1. The van der Waals surface area contributed by atoms with Crippen molar-refractivity contribution in [2.75, 3.05) is 6.61 Å². The summed E-state index contributed by atoms with van der Waals surface area (Å²) in [6, 6.07) is 15.5. The number of benzene rings is 2. The number of phosphoric acid groups is 2. The van der Waals surface area contributed by atoms with Crippen molar-refractivity contribution in [1.29, 1.82) is 0 Å². The molecule has 4 unspecified atom stereocenters. The van der Waals surface area contributed by atoms with Crippen LogP contribution in [0.1, 0.15) is 17.4 Å². The second-order valence-electron chi connectivity index (χ2n) is 8.97. The lowest BCUT2D eigenvalue weighted by molar-refractivity contribution is -0.0542. The van der Waals surface area contributed by atoms with Crippen LogP contribution in [-0.2, 0) is 38.0 Å². The smallest absolute Gasteiger partial charge is 0.387 e. The number of aliphatic hydroxyl groups is 2. The number of aromatic amines is 1. The Balaban J connectivity index is 1.42. The Morgan fingerprint density at radius 1 is 0.884 bits per heavy atom. The molecule has 7 atom stereocenters. The van der Waals surface area contributed by atoms with Crippen LogP contribution in [0.5, 0.6) is 0 Å². The number of aromatic nitrogens is 2. The number of hydrogen-bond acceptors (Lipinski definition) is 11. The fourth-order valence-corrected chi connectivity index (χ4v) is 7.84. The van der Waals surface area contributed by atoms with Crippen molar-refractivity contribution in [3.05, 3.63) is 98.8 Å². The van der Waals surface area contributed by atoms with Crippen molar-refractivity contribution >= 4 is 28.5 Å². The Bertz CT molecular complexity index is 1770. The van der Waals surface area contributed by atoms with E-state index in [0.717, 1.165) is 28.5 Å². The highest BCUT2D eigenvalue weighted by Crippen LogP contribution is 2.67. The van der Waals surface area contributed by atoms with E-state index in [-0.39, 0.29) is 12.0 Å². The van der Waals surface area contributed by atoms with Crippen LogP contribution < -0.4 is 16.6 Å². The van der Waals surface area contributed by atoms with E-state index in [1.807, 2.05) is 35.3 Å². The van der Waals surface area contributed by atoms with Gasteiger partial charge in [-0.3, -0.25) is 23.4 Å². The van der Waals surface area contributed by atoms with Gasteiger partial charge < -0.3 is 29.6 Å². The lowest BCUT2D eigenvalue weighted by Gasteiger charge is -2.20. The predicted molar refractivity (Wildman–Crippen MR) is 148 cm³/mol. The summed E-state index contributed by atoms with van der Waals surface area (Å²) < 4.78 is 55.8. The first-order chi connectivity index (χ1) is 20.2. The lowest BCUT2D eigenvalue weighted by Crippen LogP contribution is -2.38. The van der Waals surface area contributed by atoms with Gasteiger partial charge in [0.2, 0.25) is 0 Å². The highest BCUT2D eigenvalue weighted by atomic mass is 31.3. The first kappa shape index (κ1) is 32.9. The molecule has 6 N–H and O–H groups in total. The van der Waals surface area contributed by atoms with Gasteiger partial charge in [0.25, 0.3) is 5.56 Å². The molecule has 0 aliphatic carbocycles. The summed E-state index contributed by atoms with van der Waals surface area (Å²) in [5, 5.41) is 20.5. The summed E-state index contributed by atoms with van der Waals surface area (Å²) in [7, 11) is -16.2. The van der Waals surface area contributed by atoms with E-state index in [4.69, 9.17) is 4.74 Å². The standard InChI is InChI=1S/C24H25N2O14P3/c27-20-19(15-37-42(33,34)40-43(35,36)39-41(31,32)18-12-5-2-6-13-18)38-23(21(20)28)26-14-17(22(29)25-24(26)30)11-7-10-16-8-3-1-4-9-16/h1-6,8-9,12-14,19-21,23,27-28H,10,15H2,(H,31,32)(H,33,34)(H,35,36)(H,25,29,30)/t19-,20+,21?,23-/m1/s1. The molecule has 0 amide bonds. The molecule has 3 aromatic rings. The van der Waals surface area contributed by atoms with Gasteiger partial charge in [-0.05, 0) is 17.7 Å². The maximum atomic E-state index is 12.5. The molecule has 1 aromatic heterocycles.